The van der Waals surface area contributed by atoms with Crippen LogP contribution in [0.1, 0.15) is 17.3 Å². The first-order valence-electron chi connectivity index (χ1n) is 6.42. The Labute approximate surface area is 118 Å². The molecule has 0 unspecified atom stereocenters. The number of aromatic nitrogens is 1. The van der Waals surface area contributed by atoms with Crippen molar-refractivity contribution in [1.29, 1.82) is 0 Å². The number of esters is 1. The van der Waals surface area contributed by atoms with Gasteiger partial charge in [-0.15, -0.1) is 0 Å². The van der Waals surface area contributed by atoms with Gasteiger partial charge in [0.1, 0.15) is 5.82 Å². The van der Waals surface area contributed by atoms with E-state index in [1.54, 1.807) is 14.0 Å². The third-order valence-corrected chi connectivity index (χ3v) is 2.46. The summed E-state index contributed by atoms with van der Waals surface area (Å²) in [6.07, 6.45) is 1.51. The second-order valence-corrected chi connectivity index (χ2v) is 3.87. The number of methoxy groups -OCH3 is 1. The zero-order valence-electron chi connectivity index (χ0n) is 11.8. The largest absolute Gasteiger partial charge is 0.462 e. The van der Waals surface area contributed by atoms with E-state index in [1.807, 2.05) is 0 Å². The highest BCUT2D eigenvalue weighted by Gasteiger charge is 2.14. The first kappa shape index (κ1) is 16.2. The summed E-state index contributed by atoms with van der Waals surface area (Å²) in [6, 6.07) is 1.54. The zero-order chi connectivity index (χ0) is 14.8. The Morgan fingerprint density at radius 1 is 1.40 bits per heavy atom. The van der Waals surface area contributed by atoms with Gasteiger partial charge in [0, 0.05) is 19.9 Å². The van der Waals surface area contributed by atoms with Crippen LogP contribution in [0.5, 0.6) is 0 Å². The molecule has 1 heterocycles. The Morgan fingerprint density at radius 2 is 2.20 bits per heavy atom. The quantitative estimate of drug-likeness (QED) is 0.514. The van der Waals surface area contributed by atoms with Gasteiger partial charge >= 0.3 is 5.97 Å². The average molecular weight is 283 g/mol. The summed E-state index contributed by atoms with van der Waals surface area (Å²) < 4.78 is 15.1. The molecule has 3 N–H and O–H groups in total. The average Bonchev–Trinajstić information content (AvgIpc) is 2.44. The molecule has 0 saturated heterocycles. The van der Waals surface area contributed by atoms with E-state index in [4.69, 9.17) is 19.9 Å². The van der Waals surface area contributed by atoms with E-state index in [2.05, 4.69) is 10.3 Å². The molecule has 0 spiro atoms. The van der Waals surface area contributed by atoms with Gasteiger partial charge < -0.3 is 25.3 Å². The molecule has 0 aromatic carbocycles. The molecule has 0 bridgehead atoms. The van der Waals surface area contributed by atoms with Gasteiger partial charge in [0.15, 0.2) is 0 Å². The lowest BCUT2D eigenvalue weighted by Gasteiger charge is -2.11. The molecule has 0 atom stereocenters. The molecule has 0 aliphatic carbocycles. The number of rotatable bonds is 9. The van der Waals surface area contributed by atoms with Crippen molar-refractivity contribution in [1.82, 2.24) is 4.98 Å². The Balaban J connectivity index is 2.50. The molecule has 0 aliphatic rings. The van der Waals surface area contributed by atoms with Gasteiger partial charge in [-0.25, -0.2) is 9.78 Å². The molecule has 7 heteroatoms. The van der Waals surface area contributed by atoms with Crippen molar-refractivity contribution < 1.29 is 19.0 Å². The third-order valence-electron chi connectivity index (χ3n) is 2.46. The fourth-order valence-corrected chi connectivity index (χ4v) is 1.49. The van der Waals surface area contributed by atoms with Gasteiger partial charge in [-0.3, -0.25) is 0 Å². The Morgan fingerprint density at radius 3 is 2.90 bits per heavy atom. The first-order chi connectivity index (χ1) is 9.70. The first-order valence-corrected chi connectivity index (χ1v) is 6.42. The molecule has 112 valence electrons. The summed E-state index contributed by atoms with van der Waals surface area (Å²) in [7, 11) is 1.62. The summed E-state index contributed by atoms with van der Waals surface area (Å²) >= 11 is 0. The van der Waals surface area contributed by atoms with Crippen LogP contribution in [0, 0.1) is 0 Å². The number of pyridine rings is 1. The summed E-state index contributed by atoms with van der Waals surface area (Å²) in [4.78, 5) is 15.8. The summed E-state index contributed by atoms with van der Waals surface area (Å²) in [5.41, 5.74) is 6.48. The van der Waals surface area contributed by atoms with Gasteiger partial charge in [-0.1, -0.05) is 0 Å². The van der Waals surface area contributed by atoms with Gasteiger partial charge in [-0.05, 0) is 13.0 Å². The molecule has 20 heavy (non-hydrogen) atoms. The lowest BCUT2D eigenvalue weighted by Crippen LogP contribution is -2.15. The maximum absolute atomic E-state index is 11.7. The predicted octanol–water partition coefficient (Wildman–Crippen LogP) is 0.915. The number of ether oxygens (including phenoxy) is 3. The van der Waals surface area contributed by atoms with E-state index in [-0.39, 0.29) is 5.69 Å². The van der Waals surface area contributed by atoms with Crippen molar-refractivity contribution in [2.45, 2.75) is 6.92 Å². The molecule has 0 aliphatic heterocycles. The number of nitrogens with two attached hydrogens (primary N) is 1. The highest BCUT2D eigenvalue weighted by Crippen LogP contribution is 2.20. The van der Waals surface area contributed by atoms with Crippen LogP contribution in [0.3, 0.4) is 0 Å². The van der Waals surface area contributed by atoms with E-state index >= 15 is 0 Å². The summed E-state index contributed by atoms with van der Waals surface area (Å²) in [5.74, 6) is -0.00214. The Hall–Kier alpha value is -1.86. The molecular formula is C13H21N3O4. The van der Waals surface area contributed by atoms with Crippen molar-refractivity contribution in [3.8, 4) is 0 Å². The smallest absolute Gasteiger partial charge is 0.340 e. The van der Waals surface area contributed by atoms with Crippen LogP contribution in [0.25, 0.3) is 0 Å². The molecule has 0 amide bonds. The number of carbonyl (C=O) groups excluding carboxylic acids is 1. The topological polar surface area (TPSA) is 95.7 Å². The number of hydrogen-bond donors (Lipinski definition) is 2. The summed E-state index contributed by atoms with van der Waals surface area (Å²) in [6.45, 7) is 4.16. The maximum atomic E-state index is 11.7. The molecule has 0 radical (unpaired) electrons. The zero-order valence-corrected chi connectivity index (χ0v) is 11.8. The fourth-order valence-electron chi connectivity index (χ4n) is 1.49. The number of carbonyl (C=O) groups is 1. The molecule has 1 rings (SSSR count). The monoisotopic (exact) mass is 283 g/mol. The minimum Gasteiger partial charge on any atom is -0.462 e. The molecular weight excluding hydrogens is 262 g/mol. The van der Waals surface area contributed by atoms with Crippen LogP contribution >= 0.6 is 0 Å². The van der Waals surface area contributed by atoms with Gasteiger partial charge in [0.25, 0.3) is 0 Å². The summed E-state index contributed by atoms with van der Waals surface area (Å²) in [5, 5.41) is 3.02. The molecule has 1 aromatic heterocycles. The lowest BCUT2D eigenvalue weighted by atomic mass is 10.2. The number of nitrogens with one attached hydrogen (secondary N) is 1. The van der Waals surface area contributed by atoms with Crippen molar-refractivity contribution in [3.05, 3.63) is 17.8 Å². The van der Waals surface area contributed by atoms with E-state index in [0.29, 0.717) is 44.4 Å². The van der Waals surface area contributed by atoms with Crippen LogP contribution in [-0.2, 0) is 14.2 Å². The highest BCUT2D eigenvalue weighted by molar-refractivity contribution is 5.97. The highest BCUT2D eigenvalue weighted by atomic mass is 16.5. The van der Waals surface area contributed by atoms with Crippen molar-refractivity contribution in [2.75, 3.05) is 51.1 Å². The van der Waals surface area contributed by atoms with E-state index in [1.165, 1.54) is 12.3 Å². The Bertz CT molecular complexity index is 426. The number of nitrogens with zero attached hydrogens (tertiary/aromatic N) is 1. The molecule has 1 aromatic rings. The lowest BCUT2D eigenvalue weighted by molar-refractivity contribution is 0.0527. The van der Waals surface area contributed by atoms with Crippen LogP contribution < -0.4 is 11.1 Å². The van der Waals surface area contributed by atoms with Crippen molar-refractivity contribution >= 4 is 17.5 Å². The molecule has 0 fully saturated rings. The van der Waals surface area contributed by atoms with Gasteiger partial charge in [0.05, 0.1) is 37.7 Å². The minimum atomic E-state index is -0.452. The van der Waals surface area contributed by atoms with Gasteiger partial charge in [0.2, 0.25) is 0 Å². The van der Waals surface area contributed by atoms with E-state index in [0.717, 1.165) is 0 Å². The van der Waals surface area contributed by atoms with E-state index < -0.39 is 5.97 Å². The van der Waals surface area contributed by atoms with Crippen molar-refractivity contribution in [3.63, 3.8) is 0 Å². The number of nitrogen functional groups attached to an aromatic ring is 1. The standard InChI is InChI=1S/C13H21N3O4/c1-3-20-13(17)10-4-5-15-12(11(10)14)16-6-7-19-9-8-18-2/h4-5H,3,6-9,14H2,1-2H3,(H,15,16). The second kappa shape index (κ2) is 9.11. The second-order valence-electron chi connectivity index (χ2n) is 3.87. The SMILES string of the molecule is CCOC(=O)c1ccnc(NCCOCCOC)c1N. The van der Waals surface area contributed by atoms with Crippen LogP contribution in [0.15, 0.2) is 12.3 Å². The maximum Gasteiger partial charge on any atom is 0.340 e. The predicted molar refractivity (Wildman–Crippen MR) is 75.8 cm³/mol. The molecule has 7 nitrogen and oxygen atoms in total. The van der Waals surface area contributed by atoms with Gasteiger partial charge in [-0.2, -0.15) is 0 Å². The van der Waals surface area contributed by atoms with E-state index in [9.17, 15) is 4.79 Å². The van der Waals surface area contributed by atoms with Crippen LogP contribution in [0.2, 0.25) is 0 Å². The normalized spacial score (nSPS) is 10.3. The minimum absolute atomic E-state index is 0.280. The Kier molecular flexibility index (Phi) is 7.38. The number of hydrogen-bond acceptors (Lipinski definition) is 7. The fraction of sp³-hybridized carbons (Fsp3) is 0.538. The number of anilines is 2. The molecule has 0 saturated carbocycles. The van der Waals surface area contributed by atoms with Crippen LogP contribution in [-0.4, -0.2) is 51.0 Å². The van der Waals surface area contributed by atoms with Crippen LogP contribution in [0.4, 0.5) is 11.5 Å². The third kappa shape index (κ3) is 5.02. The van der Waals surface area contributed by atoms with Crippen molar-refractivity contribution in [2.24, 2.45) is 0 Å².